The maximum atomic E-state index is 11.5. The van der Waals surface area contributed by atoms with Crippen LogP contribution in [-0.4, -0.2) is 22.4 Å². The van der Waals surface area contributed by atoms with Crippen LogP contribution in [0.15, 0.2) is 10.7 Å². The molecule has 0 aliphatic carbocycles. The second-order valence-corrected chi connectivity index (χ2v) is 4.57. The van der Waals surface area contributed by atoms with E-state index in [1.807, 2.05) is 11.6 Å². The Kier molecular flexibility index (Phi) is 6.04. The Morgan fingerprint density at radius 3 is 2.88 bits per heavy atom. The van der Waals surface area contributed by atoms with E-state index >= 15 is 0 Å². The number of hydrogen-bond acceptors (Lipinski definition) is 2. The first-order valence-corrected chi connectivity index (χ1v) is 6.70. The molecule has 0 spiro atoms. The molecule has 0 aliphatic rings. The molecule has 96 valence electrons. The summed E-state index contributed by atoms with van der Waals surface area (Å²) in [6, 6.07) is -0.130. The highest BCUT2D eigenvalue weighted by Crippen LogP contribution is 2.15. The Bertz CT molecular complexity index is 364. The molecule has 0 saturated heterocycles. The fourth-order valence-electron chi connectivity index (χ4n) is 1.44. The molecule has 1 aromatic heterocycles. The molecule has 0 unspecified atom stereocenters. The van der Waals surface area contributed by atoms with Gasteiger partial charge in [-0.25, -0.2) is 4.79 Å². The van der Waals surface area contributed by atoms with Crippen LogP contribution in [0.4, 0.5) is 4.79 Å². The fourth-order valence-corrected chi connectivity index (χ4v) is 1.88. The van der Waals surface area contributed by atoms with Crippen LogP contribution in [0.25, 0.3) is 0 Å². The van der Waals surface area contributed by atoms with Crippen molar-refractivity contribution in [3.05, 3.63) is 16.4 Å². The summed E-state index contributed by atoms with van der Waals surface area (Å²) < 4.78 is 2.78. The largest absolute Gasteiger partial charge is 0.338 e. The first-order chi connectivity index (χ1) is 8.19. The number of rotatable bonds is 6. The van der Waals surface area contributed by atoms with E-state index in [1.54, 1.807) is 6.20 Å². The maximum Gasteiger partial charge on any atom is 0.315 e. The molecule has 2 N–H and O–H groups in total. The van der Waals surface area contributed by atoms with Crippen molar-refractivity contribution in [3.8, 4) is 0 Å². The van der Waals surface area contributed by atoms with Crippen LogP contribution in [-0.2, 0) is 13.1 Å². The predicted molar refractivity (Wildman–Crippen MR) is 70.7 cm³/mol. The van der Waals surface area contributed by atoms with Crippen LogP contribution in [0.3, 0.4) is 0 Å². The van der Waals surface area contributed by atoms with Crippen LogP contribution >= 0.6 is 15.9 Å². The van der Waals surface area contributed by atoms with Crippen molar-refractivity contribution in [1.29, 1.82) is 0 Å². The van der Waals surface area contributed by atoms with Gasteiger partial charge in [0.1, 0.15) is 0 Å². The summed E-state index contributed by atoms with van der Waals surface area (Å²) in [5.41, 5.74) is 0.984. The lowest BCUT2D eigenvalue weighted by Gasteiger charge is -2.09. The number of halogens is 1. The van der Waals surface area contributed by atoms with Crippen molar-refractivity contribution in [2.45, 2.75) is 39.8 Å². The van der Waals surface area contributed by atoms with Gasteiger partial charge in [-0.2, -0.15) is 5.10 Å². The number of urea groups is 1. The van der Waals surface area contributed by atoms with Gasteiger partial charge in [0.25, 0.3) is 0 Å². The van der Waals surface area contributed by atoms with Crippen LogP contribution in [0.2, 0.25) is 0 Å². The molecule has 0 bridgehead atoms. The summed E-state index contributed by atoms with van der Waals surface area (Å²) in [5.74, 6) is 0. The SMILES string of the molecule is CCCCNC(=O)NCc1c(Br)cnn1CC. The van der Waals surface area contributed by atoms with Gasteiger partial charge in [0.15, 0.2) is 0 Å². The second kappa shape index (κ2) is 7.32. The lowest BCUT2D eigenvalue weighted by Crippen LogP contribution is -2.36. The molecule has 0 atom stereocenters. The maximum absolute atomic E-state index is 11.5. The van der Waals surface area contributed by atoms with E-state index in [-0.39, 0.29) is 6.03 Å². The molecule has 0 saturated carbocycles. The minimum absolute atomic E-state index is 0.130. The fraction of sp³-hybridized carbons (Fsp3) is 0.636. The van der Waals surface area contributed by atoms with E-state index in [0.717, 1.165) is 36.1 Å². The lowest BCUT2D eigenvalue weighted by molar-refractivity contribution is 0.240. The second-order valence-electron chi connectivity index (χ2n) is 3.72. The van der Waals surface area contributed by atoms with Crippen LogP contribution < -0.4 is 10.6 Å². The quantitative estimate of drug-likeness (QED) is 0.792. The van der Waals surface area contributed by atoms with Gasteiger partial charge in [0.05, 0.1) is 22.9 Å². The van der Waals surface area contributed by atoms with Crippen molar-refractivity contribution < 1.29 is 4.79 Å². The normalized spacial score (nSPS) is 10.3. The van der Waals surface area contributed by atoms with Gasteiger partial charge in [-0.1, -0.05) is 13.3 Å². The molecule has 2 amide bonds. The van der Waals surface area contributed by atoms with Gasteiger partial charge in [-0.05, 0) is 29.3 Å². The van der Waals surface area contributed by atoms with E-state index in [2.05, 4.69) is 38.6 Å². The Labute approximate surface area is 110 Å². The molecule has 0 radical (unpaired) electrons. The van der Waals surface area contributed by atoms with Crippen molar-refractivity contribution in [1.82, 2.24) is 20.4 Å². The van der Waals surface area contributed by atoms with E-state index in [9.17, 15) is 4.79 Å². The van der Waals surface area contributed by atoms with Crippen molar-refractivity contribution >= 4 is 22.0 Å². The van der Waals surface area contributed by atoms with Crippen LogP contribution in [0.1, 0.15) is 32.4 Å². The Balaban J connectivity index is 2.39. The molecular weight excluding hydrogens is 284 g/mol. The molecule has 0 aromatic carbocycles. The number of aryl methyl sites for hydroxylation is 1. The number of hydrogen-bond donors (Lipinski definition) is 2. The Morgan fingerprint density at radius 1 is 1.47 bits per heavy atom. The number of nitrogens with zero attached hydrogens (tertiary/aromatic N) is 2. The molecule has 1 rings (SSSR count). The first kappa shape index (κ1) is 14.0. The van der Waals surface area contributed by atoms with Gasteiger partial charge in [-0.3, -0.25) is 4.68 Å². The summed E-state index contributed by atoms with van der Waals surface area (Å²) >= 11 is 3.42. The number of nitrogens with one attached hydrogen (secondary N) is 2. The highest BCUT2D eigenvalue weighted by molar-refractivity contribution is 9.10. The average Bonchev–Trinajstić information content (AvgIpc) is 2.67. The highest BCUT2D eigenvalue weighted by Gasteiger charge is 2.08. The highest BCUT2D eigenvalue weighted by atomic mass is 79.9. The van der Waals surface area contributed by atoms with Crippen molar-refractivity contribution in [2.75, 3.05) is 6.54 Å². The third-order valence-electron chi connectivity index (χ3n) is 2.43. The molecule has 0 fully saturated rings. The minimum Gasteiger partial charge on any atom is -0.338 e. The summed E-state index contributed by atoms with van der Waals surface area (Å²) in [4.78, 5) is 11.5. The third kappa shape index (κ3) is 4.38. The summed E-state index contributed by atoms with van der Waals surface area (Å²) in [6.45, 7) is 6.10. The van der Waals surface area contributed by atoms with Gasteiger partial charge in [0.2, 0.25) is 0 Å². The van der Waals surface area contributed by atoms with Gasteiger partial charge < -0.3 is 10.6 Å². The van der Waals surface area contributed by atoms with Gasteiger partial charge in [-0.15, -0.1) is 0 Å². The number of aromatic nitrogens is 2. The van der Waals surface area contributed by atoms with E-state index in [4.69, 9.17) is 0 Å². The number of carbonyl (C=O) groups is 1. The third-order valence-corrected chi connectivity index (χ3v) is 3.09. The molecule has 0 aliphatic heterocycles. The molecular formula is C11H19BrN4O. The summed E-state index contributed by atoms with van der Waals surface area (Å²) in [5, 5.41) is 9.81. The summed E-state index contributed by atoms with van der Waals surface area (Å²) in [6.07, 6.45) is 3.83. The molecule has 1 heterocycles. The van der Waals surface area contributed by atoms with E-state index < -0.39 is 0 Å². The van der Waals surface area contributed by atoms with E-state index in [0.29, 0.717) is 6.54 Å². The zero-order chi connectivity index (χ0) is 12.7. The van der Waals surface area contributed by atoms with Crippen molar-refractivity contribution in [2.24, 2.45) is 0 Å². The lowest BCUT2D eigenvalue weighted by atomic mass is 10.3. The zero-order valence-electron chi connectivity index (χ0n) is 10.3. The monoisotopic (exact) mass is 302 g/mol. The van der Waals surface area contributed by atoms with Crippen molar-refractivity contribution in [3.63, 3.8) is 0 Å². The van der Waals surface area contributed by atoms with Gasteiger partial charge >= 0.3 is 6.03 Å². The standard InChI is InChI=1S/C11H19BrN4O/c1-3-5-6-13-11(17)14-8-10-9(12)7-15-16(10)4-2/h7H,3-6,8H2,1-2H3,(H2,13,14,17). The zero-order valence-corrected chi connectivity index (χ0v) is 11.9. The molecule has 17 heavy (non-hydrogen) atoms. The molecule has 1 aromatic rings. The number of amides is 2. The molecule has 6 heteroatoms. The smallest absolute Gasteiger partial charge is 0.315 e. The number of carbonyl (C=O) groups excluding carboxylic acids is 1. The Hall–Kier alpha value is -1.04. The van der Waals surface area contributed by atoms with E-state index in [1.165, 1.54) is 0 Å². The first-order valence-electron chi connectivity index (χ1n) is 5.90. The molecule has 5 nitrogen and oxygen atoms in total. The number of unbranched alkanes of at least 4 members (excludes halogenated alkanes) is 1. The van der Waals surface area contributed by atoms with Gasteiger partial charge in [0, 0.05) is 13.1 Å². The summed E-state index contributed by atoms with van der Waals surface area (Å²) in [7, 11) is 0. The average molecular weight is 303 g/mol. The Morgan fingerprint density at radius 2 is 2.24 bits per heavy atom. The van der Waals surface area contributed by atoms with Crippen LogP contribution in [0.5, 0.6) is 0 Å². The minimum atomic E-state index is -0.130. The van der Waals surface area contributed by atoms with Crippen LogP contribution in [0, 0.1) is 0 Å². The predicted octanol–water partition coefficient (Wildman–Crippen LogP) is 2.26. The topological polar surface area (TPSA) is 59.0 Å².